The van der Waals surface area contributed by atoms with Crippen LogP contribution in [0.4, 0.5) is 39.8 Å². The summed E-state index contributed by atoms with van der Waals surface area (Å²) in [4.78, 5) is 8.09. The van der Waals surface area contributed by atoms with Crippen molar-refractivity contribution in [1.29, 1.82) is 5.26 Å². The lowest BCUT2D eigenvalue weighted by Crippen LogP contribution is -2.10. The number of fused-ring (bicyclic) bond motifs is 8. The van der Waals surface area contributed by atoms with Gasteiger partial charge in [-0.05, 0) is 166 Å². The fourth-order valence-corrected chi connectivity index (χ4v) is 9.06. The van der Waals surface area contributed by atoms with Crippen molar-refractivity contribution in [3.63, 3.8) is 0 Å². The minimum Gasteiger partial charge on any atom is -0.456 e. The van der Waals surface area contributed by atoms with Crippen LogP contribution in [0, 0.1) is 17.9 Å². The normalized spacial score (nSPS) is 11.7. The maximum absolute atomic E-state index is 9.50. The second-order valence-electron chi connectivity index (χ2n) is 17.3. The number of rotatable bonds is 8. The molecule has 0 atom stereocenters. The third kappa shape index (κ3) is 6.65. The molecule has 0 aliphatic carbocycles. The average molecular weight is 827 g/mol. The number of anilines is 6. The lowest BCUT2D eigenvalue weighted by atomic mass is 10.0. The first-order valence-corrected chi connectivity index (χ1v) is 21.7. The van der Waals surface area contributed by atoms with Gasteiger partial charge in [-0.1, -0.05) is 76.2 Å². The molecule has 64 heavy (non-hydrogen) atoms. The Morgan fingerprint density at radius 3 is 1.17 bits per heavy atom. The van der Waals surface area contributed by atoms with Crippen LogP contribution in [0.1, 0.15) is 56.2 Å². The zero-order valence-electron chi connectivity index (χ0n) is 35.9. The summed E-state index contributed by atoms with van der Waals surface area (Å²) < 4.78 is 13.3. The molecule has 9 aromatic carbocycles. The van der Waals surface area contributed by atoms with E-state index in [1.54, 1.807) is 0 Å². The third-order valence-electron chi connectivity index (χ3n) is 12.6. The van der Waals surface area contributed by atoms with Crippen LogP contribution in [0.25, 0.3) is 70.3 Å². The van der Waals surface area contributed by atoms with E-state index in [4.69, 9.17) is 15.4 Å². The minimum absolute atomic E-state index is 0.430. The van der Waals surface area contributed by atoms with E-state index in [9.17, 15) is 5.26 Å². The average Bonchev–Trinajstić information content (AvgIpc) is 3.85. The van der Waals surface area contributed by atoms with Gasteiger partial charge >= 0.3 is 0 Å². The smallest absolute Gasteiger partial charge is 0.187 e. The maximum atomic E-state index is 9.50. The highest BCUT2D eigenvalue weighted by molar-refractivity contribution is 6.18. The molecule has 0 spiro atoms. The predicted octanol–water partition coefficient (Wildman–Crippen LogP) is 17.4. The van der Waals surface area contributed by atoms with Crippen molar-refractivity contribution in [1.82, 2.24) is 0 Å². The molecule has 2 heterocycles. The molecule has 11 aromatic rings. The van der Waals surface area contributed by atoms with E-state index in [0.717, 1.165) is 99.5 Å². The van der Waals surface area contributed by atoms with E-state index in [1.165, 1.54) is 11.1 Å². The number of furan rings is 2. The number of nitrogens with zero attached hydrogens (tertiary/aromatic N) is 4. The van der Waals surface area contributed by atoms with E-state index < -0.39 is 0 Å². The van der Waals surface area contributed by atoms with Gasteiger partial charge in [-0.2, -0.15) is 5.26 Å². The largest absolute Gasteiger partial charge is 0.456 e. The topological polar surface area (TPSA) is 60.9 Å². The van der Waals surface area contributed by atoms with Gasteiger partial charge < -0.3 is 18.6 Å². The highest BCUT2D eigenvalue weighted by Gasteiger charge is 2.19. The summed E-state index contributed by atoms with van der Waals surface area (Å²) in [6.07, 6.45) is 0. The van der Waals surface area contributed by atoms with Crippen LogP contribution in [-0.4, -0.2) is 0 Å². The number of nitriles is 1. The van der Waals surface area contributed by atoms with E-state index in [2.05, 4.69) is 170 Å². The van der Waals surface area contributed by atoms with Gasteiger partial charge in [-0.3, -0.25) is 0 Å². The fraction of sp³-hybridized carbons (Fsp3) is 0.103. The van der Waals surface area contributed by atoms with Crippen molar-refractivity contribution in [2.24, 2.45) is 0 Å². The Labute approximate surface area is 371 Å². The standard InChI is InChI=1S/C58H42N4O2/c1-35(2)38-8-18-46(19-9-38)61(45-16-6-37(34-59)7-17-45)49-22-12-40-28-51-53-32-58-54(33-57(53)63-55(51)30-42(40)26-49)52-29-41-13-23-50(27-43(41)31-56(52)64-58)62(48-24-14-44(60-5)15-25-48)47-20-10-39(11-21-47)36(3)4/h6-33,35-36H,1-4H3. The summed E-state index contributed by atoms with van der Waals surface area (Å²) in [7, 11) is 0. The van der Waals surface area contributed by atoms with Gasteiger partial charge in [0.2, 0.25) is 0 Å². The summed E-state index contributed by atoms with van der Waals surface area (Å²) in [5.74, 6) is 0.863. The molecule has 0 unspecified atom stereocenters. The van der Waals surface area contributed by atoms with E-state index in [0.29, 0.717) is 23.1 Å². The lowest BCUT2D eigenvalue weighted by Gasteiger charge is -2.26. The quantitative estimate of drug-likeness (QED) is 0.143. The van der Waals surface area contributed by atoms with E-state index in [-0.39, 0.29) is 0 Å². The molecular weight excluding hydrogens is 785 g/mol. The Morgan fingerprint density at radius 1 is 0.422 bits per heavy atom. The molecule has 306 valence electrons. The molecule has 0 aliphatic rings. The first-order chi connectivity index (χ1) is 31.2. The van der Waals surface area contributed by atoms with Crippen molar-refractivity contribution in [3.05, 3.63) is 198 Å². The predicted molar refractivity (Wildman–Crippen MR) is 265 cm³/mol. The van der Waals surface area contributed by atoms with Crippen LogP contribution in [0.2, 0.25) is 0 Å². The van der Waals surface area contributed by atoms with Crippen LogP contribution in [-0.2, 0) is 0 Å². The Balaban J connectivity index is 0.980. The highest BCUT2D eigenvalue weighted by atomic mass is 16.3. The molecule has 0 bridgehead atoms. The van der Waals surface area contributed by atoms with Crippen molar-refractivity contribution in [2.75, 3.05) is 9.80 Å². The number of hydrogen-bond donors (Lipinski definition) is 0. The maximum Gasteiger partial charge on any atom is 0.187 e. The molecule has 0 fully saturated rings. The summed E-state index contributed by atoms with van der Waals surface area (Å²) in [6.45, 7) is 16.3. The van der Waals surface area contributed by atoms with Crippen molar-refractivity contribution >= 4 is 105 Å². The molecule has 0 saturated heterocycles. The van der Waals surface area contributed by atoms with Gasteiger partial charge in [0.05, 0.1) is 18.2 Å². The van der Waals surface area contributed by atoms with Crippen molar-refractivity contribution in [2.45, 2.75) is 39.5 Å². The summed E-state index contributed by atoms with van der Waals surface area (Å²) >= 11 is 0. The van der Waals surface area contributed by atoms with Gasteiger partial charge in [0.15, 0.2) is 5.69 Å². The van der Waals surface area contributed by atoms with Crippen molar-refractivity contribution < 1.29 is 8.83 Å². The van der Waals surface area contributed by atoms with Crippen LogP contribution in [0.3, 0.4) is 0 Å². The molecule has 2 aromatic heterocycles. The number of benzene rings is 9. The Morgan fingerprint density at radius 2 is 0.781 bits per heavy atom. The molecular formula is C58H42N4O2. The van der Waals surface area contributed by atoms with Gasteiger partial charge in [0.25, 0.3) is 0 Å². The van der Waals surface area contributed by atoms with Gasteiger partial charge in [-0.25, -0.2) is 4.85 Å². The minimum atomic E-state index is 0.430. The van der Waals surface area contributed by atoms with Crippen LogP contribution in [0.5, 0.6) is 0 Å². The van der Waals surface area contributed by atoms with Crippen LogP contribution in [0.15, 0.2) is 179 Å². The number of hydrogen-bond acceptors (Lipinski definition) is 5. The first-order valence-electron chi connectivity index (χ1n) is 21.7. The van der Waals surface area contributed by atoms with Gasteiger partial charge in [0.1, 0.15) is 22.3 Å². The lowest BCUT2D eigenvalue weighted by molar-refractivity contribution is 0.664. The Bertz CT molecular complexity index is 3430. The molecule has 0 amide bonds. The molecule has 0 N–H and O–H groups in total. The zero-order valence-corrected chi connectivity index (χ0v) is 35.9. The first kappa shape index (κ1) is 38.6. The Kier molecular flexibility index (Phi) is 9.19. The molecule has 0 aliphatic heterocycles. The molecule has 6 nitrogen and oxygen atoms in total. The Hall–Kier alpha value is -8.32. The SMILES string of the molecule is [C-]#[N+]c1ccc(N(c2ccc(C(C)C)cc2)c2ccc3cc4c(cc3c2)oc2cc3c(cc24)oc2cc4cc(N(c5ccc(C#N)cc5)c5ccc(C(C)C)cc5)ccc4cc23)cc1. The molecule has 0 saturated carbocycles. The second kappa shape index (κ2) is 15.2. The summed E-state index contributed by atoms with van der Waals surface area (Å²) in [5, 5.41) is 17.9. The highest BCUT2D eigenvalue weighted by Crippen LogP contribution is 2.43. The van der Waals surface area contributed by atoms with Crippen molar-refractivity contribution in [3.8, 4) is 6.07 Å². The monoisotopic (exact) mass is 826 g/mol. The second-order valence-corrected chi connectivity index (χ2v) is 17.3. The van der Waals surface area contributed by atoms with Crippen LogP contribution < -0.4 is 9.80 Å². The molecule has 11 rings (SSSR count). The summed E-state index contributed by atoms with van der Waals surface area (Å²) in [6, 6.07) is 61.2. The van der Waals surface area contributed by atoms with Gasteiger partial charge in [-0.15, -0.1) is 0 Å². The molecule has 0 radical (unpaired) electrons. The van der Waals surface area contributed by atoms with Gasteiger partial charge in [0, 0.05) is 55.7 Å². The zero-order chi connectivity index (χ0) is 43.6. The summed E-state index contributed by atoms with van der Waals surface area (Å²) in [5.41, 5.74) is 13.1. The van der Waals surface area contributed by atoms with Crippen LogP contribution >= 0.6 is 0 Å². The van der Waals surface area contributed by atoms with E-state index in [1.807, 2.05) is 48.5 Å². The van der Waals surface area contributed by atoms with E-state index >= 15 is 0 Å². The fourth-order valence-electron chi connectivity index (χ4n) is 9.06. The molecule has 6 heteroatoms. The third-order valence-corrected chi connectivity index (χ3v) is 12.6.